The molecule has 0 fully saturated rings. The van der Waals surface area contributed by atoms with Crippen LogP contribution in [0.15, 0.2) is 0 Å². The van der Waals surface area contributed by atoms with Gasteiger partial charge < -0.3 is 5.73 Å². The average Bonchev–Trinajstić information content (AvgIpc) is 1.99. The number of hydrazine groups is 1. The fourth-order valence-corrected chi connectivity index (χ4v) is 0.921. The van der Waals surface area contributed by atoms with Crippen molar-refractivity contribution in [2.75, 3.05) is 20.1 Å². The van der Waals surface area contributed by atoms with Crippen molar-refractivity contribution < 1.29 is 0 Å². The summed E-state index contributed by atoms with van der Waals surface area (Å²) >= 11 is 0. The smallest absolute Gasteiger partial charge is 0.0337 e. The molecule has 1 atom stereocenters. The molecule has 10 heavy (non-hydrogen) atoms. The highest BCUT2D eigenvalue weighted by atomic mass is 15.5. The molecule has 62 valence electrons. The second kappa shape index (κ2) is 5.65. The molecule has 0 aromatic carbocycles. The molecule has 0 amide bonds. The van der Waals surface area contributed by atoms with Crippen LogP contribution in [0.25, 0.3) is 0 Å². The van der Waals surface area contributed by atoms with Gasteiger partial charge in [0.1, 0.15) is 0 Å². The molecule has 0 rings (SSSR count). The van der Waals surface area contributed by atoms with Crippen molar-refractivity contribution in [3.63, 3.8) is 0 Å². The van der Waals surface area contributed by atoms with Gasteiger partial charge in [-0.25, -0.2) is 5.01 Å². The van der Waals surface area contributed by atoms with Gasteiger partial charge in [-0.2, -0.15) is 0 Å². The van der Waals surface area contributed by atoms with E-state index in [-0.39, 0.29) is 0 Å². The number of rotatable bonds is 5. The van der Waals surface area contributed by atoms with E-state index in [4.69, 9.17) is 5.73 Å². The third-order valence-corrected chi connectivity index (χ3v) is 1.62. The van der Waals surface area contributed by atoms with E-state index in [9.17, 15) is 0 Å². The van der Waals surface area contributed by atoms with E-state index in [0.29, 0.717) is 12.6 Å². The van der Waals surface area contributed by atoms with Crippen LogP contribution in [0, 0.1) is 0 Å². The molecule has 0 aromatic rings. The molecule has 0 saturated heterocycles. The minimum absolute atomic E-state index is 0.435. The highest BCUT2D eigenvalue weighted by Gasteiger charge is 2.07. The van der Waals surface area contributed by atoms with Crippen molar-refractivity contribution in [3.05, 3.63) is 0 Å². The van der Waals surface area contributed by atoms with Crippen molar-refractivity contribution in [1.29, 1.82) is 0 Å². The Morgan fingerprint density at radius 2 is 2.20 bits per heavy atom. The summed E-state index contributed by atoms with van der Waals surface area (Å²) in [6.07, 6.45) is 1.16. The highest BCUT2D eigenvalue weighted by Crippen LogP contribution is 1.92. The zero-order valence-electron chi connectivity index (χ0n) is 7.22. The van der Waals surface area contributed by atoms with Crippen LogP contribution in [-0.2, 0) is 0 Å². The Labute approximate surface area is 63.5 Å². The predicted octanol–water partition coefficient (Wildman–Crippen LogP) is 0.180. The van der Waals surface area contributed by atoms with Crippen molar-refractivity contribution in [3.8, 4) is 0 Å². The summed E-state index contributed by atoms with van der Waals surface area (Å²) in [6, 6.07) is 0.435. The number of hydrogen-bond donors (Lipinski definition) is 2. The average molecular weight is 145 g/mol. The molecule has 0 aliphatic carbocycles. The van der Waals surface area contributed by atoms with Crippen molar-refractivity contribution >= 4 is 0 Å². The molecule has 0 spiro atoms. The number of nitrogens with zero attached hydrogens (tertiary/aromatic N) is 1. The molecule has 1 unspecified atom stereocenters. The maximum absolute atomic E-state index is 5.50. The number of nitrogens with one attached hydrogen (secondary N) is 1. The van der Waals surface area contributed by atoms with Gasteiger partial charge in [0.15, 0.2) is 0 Å². The Hall–Kier alpha value is -0.120. The lowest BCUT2D eigenvalue weighted by Crippen LogP contribution is -2.46. The molecule has 3 nitrogen and oxygen atoms in total. The van der Waals surface area contributed by atoms with Crippen LogP contribution < -0.4 is 11.2 Å². The molecular weight excluding hydrogens is 126 g/mol. The topological polar surface area (TPSA) is 41.3 Å². The summed E-state index contributed by atoms with van der Waals surface area (Å²) in [5.74, 6) is 0. The lowest BCUT2D eigenvalue weighted by Gasteiger charge is -2.26. The van der Waals surface area contributed by atoms with Gasteiger partial charge in [-0.3, -0.25) is 5.43 Å². The molecule has 3 heteroatoms. The van der Waals surface area contributed by atoms with E-state index < -0.39 is 0 Å². The Morgan fingerprint density at radius 1 is 1.60 bits per heavy atom. The molecule has 0 radical (unpaired) electrons. The van der Waals surface area contributed by atoms with Gasteiger partial charge in [-0.1, -0.05) is 6.92 Å². The Morgan fingerprint density at radius 3 is 2.50 bits per heavy atom. The van der Waals surface area contributed by atoms with Crippen LogP contribution in [0.2, 0.25) is 0 Å². The fraction of sp³-hybridized carbons (Fsp3) is 1.00. The summed E-state index contributed by atoms with van der Waals surface area (Å²) in [6.45, 7) is 6.05. The second-order valence-electron chi connectivity index (χ2n) is 2.50. The summed E-state index contributed by atoms with van der Waals surface area (Å²) in [4.78, 5) is 0. The van der Waals surface area contributed by atoms with Crippen LogP contribution in [0.5, 0.6) is 0 Å². The minimum Gasteiger partial charge on any atom is -0.329 e. The molecule has 0 saturated carbocycles. The maximum Gasteiger partial charge on any atom is 0.0337 e. The molecule has 0 aliphatic heterocycles. The fourth-order valence-electron chi connectivity index (χ4n) is 0.921. The molecule has 0 bridgehead atoms. The zero-order valence-corrected chi connectivity index (χ0v) is 7.22. The van der Waals surface area contributed by atoms with Gasteiger partial charge >= 0.3 is 0 Å². The predicted molar refractivity (Wildman–Crippen MR) is 44.6 cm³/mol. The summed E-state index contributed by atoms with van der Waals surface area (Å²) in [5, 5.41) is 2.15. The maximum atomic E-state index is 5.50. The van der Waals surface area contributed by atoms with Gasteiger partial charge in [-0.15, -0.1) is 0 Å². The summed E-state index contributed by atoms with van der Waals surface area (Å²) < 4.78 is 0. The first-order chi connectivity index (χ1) is 4.76. The van der Waals surface area contributed by atoms with Gasteiger partial charge in [0.2, 0.25) is 0 Å². The van der Waals surface area contributed by atoms with Crippen molar-refractivity contribution in [1.82, 2.24) is 10.4 Å². The van der Waals surface area contributed by atoms with E-state index in [1.54, 1.807) is 0 Å². The monoisotopic (exact) mass is 145 g/mol. The van der Waals surface area contributed by atoms with Crippen LogP contribution in [0.4, 0.5) is 0 Å². The third kappa shape index (κ3) is 3.15. The molecule has 3 N–H and O–H groups in total. The third-order valence-electron chi connectivity index (χ3n) is 1.62. The summed E-state index contributed by atoms with van der Waals surface area (Å²) in [5.41, 5.74) is 8.60. The first-order valence-corrected chi connectivity index (χ1v) is 3.90. The lowest BCUT2D eigenvalue weighted by atomic mass is 10.3. The summed E-state index contributed by atoms with van der Waals surface area (Å²) in [7, 11) is 1.93. The lowest BCUT2D eigenvalue weighted by molar-refractivity contribution is 0.154. The van der Waals surface area contributed by atoms with Crippen LogP contribution >= 0.6 is 0 Å². The quantitative estimate of drug-likeness (QED) is 0.542. The largest absolute Gasteiger partial charge is 0.329 e. The molecule has 0 heterocycles. The van der Waals surface area contributed by atoms with Crippen molar-refractivity contribution in [2.24, 2.45) is 5.73 Å². The van der Waals surface area contributed by atoms with E-state index in [1.807, 2.05) is 7.05 Å². The van der Waals surface area contributed by atoms with Crippen LogP contribution in [0.3, 0.4) is 0 Å². The Balaban J connectivity index is 3.56. The van der Waals surface area contributed by atoms with E-state index in [2.05, 4.69) is 24.3 Å². The molecule has 0 aromatic heterocycles. The normalized spacial score (nSPS) is 14.1. The van der Waals surface area contributed by atoms with Gasteiger partial charge in [0.05, 0.1) is 0 Å². The Bertz CT molecular complexity index is 75.3. The SMILES string of the molecule is CCCN(NC)C(C)CN. The van der Waals surface area contributed by atoms with Crippen molar-refractivity contribution in [2.45, 2.75) is 26.3 Å². The number of nitrogens with two attached hydrogens (primary N) is 1. The van der Waals surface area contributed by atoms with E-state index in [1.165, 1.54) is 0 Å². The minimum atomic E-state index is 0.435. The first-order valence-electron chi connectivity index (χ1n) is 3.90. The second-order valence-corrected chi connectivity index (χ2v) is 2.50. The van der Waals surface area contributed by atoms with Crippen LogP contribution in [-0.4, -0.2) is 31.2 Å². The standard InChI is InChI=1S/C7H19N3/c1-4-5-10(9-3)7(2)6-8/h7,9H,4-6,8H2,1-3H3. The van der Waals surface area contributed by atoms with Gasteiger partial charge in [0.25, 0.3) is 0 Å². The molecule has 0 aliphatic rings. The van der Waals surface area contributed by atoms with Gasteiger partial charge in [-0.05, 0) is 20.4 Å². The van der Waals surface area contributed by atoms with E-state index >= 15 is 0 Å². The van der Waals surface area contributed by atoms with E-state index in [0.717, 1.165) is 13.0 Å². The molecular formula is C7H19N3. The Kier molecular flexibility index (Phi) is 5.58. The van der Waals surface area contributed by atoms with Gasteiger partial charge in [0, 0.05) is 19.1 Å². The highest BCUT2D eigenvalue weighted by molar-refractivity contribution is 4.61. The zero-order chi connectivity index (χ0) is 7.98. The first kappa shape index (κ1) is 9.88. The number of hydrogen-bond acceptors (Lipinski definition) is 3. The van der Waals surface area contributed by atoms with Crippen LogP contribution in [0.1, 0.15) is 20.3 Å².